The quantitative estimate of drug-likeness (QED) is 0.850. The van der Waals surface area contributed by atoms with Gasteiger partial charge in [0.25, 0.3) is 0 Å². The second kappa shape index (κ2) is 6.11. The van der Waals surface area contributed by atoms with Gasteiger partial charge in [-0.1, -0.05) is 20.8 Å². The normalized spacial score (nSPS) is 37.4. The van der Waals surface area contributed by atoms with Gasteiger partial charge in [0.2, 0.25) is 0 Å². The van der Waals surface area contributed by atoms with Crippen LogP contribution in [0, 0.1) is 11.3 Å². The second-order valence-corrected chi connectivity index (χ2v) is 7.57. The largest absolute Gasteiger partial charge is 0.327 e. The highest BCUT2D eigenvalue weighted by atomic mass is 15.3. The molecule has 0 bridgehead atoms. The molecule has 112 valence electrons. The molecule has 3 heteroatoms. The zero-order chi connectivity index (χ0) is 14.0. The molecule has 0 aromatic rings. The first kappa shape index (κ1) is 15.3. The highest BCUT2D eigenvalue weighted by Gasteiger charge is 2.34. The Labute approximate surface area is 119 Å². The fourth-order valence-corrected chi connectivity index (χ4v) is 3.99. The van der Waals surface area contributed by atoms with Gasteiger partial charge in [-0.2, -0.15) is 0 Å². The Morgan fingerprint density at radius 3 is 2.63 bits per heavy atom. The van der Waals surface area contributed by atoms with Crippen molar-refractivity contribution in [3.05, 3.63) is 0 Å². The van der Waals surface area contributed by atoms with Crippen molar-refractivity contribution < 1.29 is 0 Å². The van der Waals surface area contributed by atoms with E-state index < -0.39 is 0 Å². The summed E-state index contributed by atoms with van der Waals surface area (Å²) < 4.78 is 0. The summed E-state index contributed by atoms with van der Waals surface area (Å²) in [6.45, 7) is 15.5. The van der Waals surface area contributed by atoms with Gasteiger partial charge in [-0.05, 0) is 44.1 Å². The van der Waals surface area contributed by atoms with Crippen molar-refractivity contribution >= 4 is 0 Å². The molecule has 3 atom stereocenters. The molecule has 0 amide bonds. The standard InChI is InChI=1S/C16H33N3/c1-5-19-9-8-18(11-13(19)2)12-14-10-16(3,4)7-6-15(14)17/h13-15H,5-12,17H2,1-4H3. The minimum atomic E-state index is 0.424. The zero-order valence-electron chi connectivity index (χ0n) is 13.4. The van der Waals surface area contributed by atoms with E-state index in [0.717, 1.165) is 0 Å². The summed E-state index contributed by atoms with van der Waals surface area (Å²) in [6.07, 6.45) is 3.81. The van der Waals surface area contributed by atoms with Gasteiger partial charge in [-0.3, -0.25) is 4.90 Å². The molecular formula is C16H33N3. The predicted molar refractivity (Wildman–Crippen MR) is 82.2 cm³/mol. The third-order valence-electron chi connectivity index (χ3n) is 5.32. The van der Waals surface area contributed by atoms with Gasteiger partial charge in [0, 0.05) is 38.3 Å². The lowest BCUT2D eigenvalue weighted by Gasteiger charge is -2.44. The van der Waals surface area contributed by atoms with Crippen molar-refractivity contribution in [2.75, 3.05) is 32.7 Å². The van der Waals surface area contributed by atoms with Crippen LogP contribution in [0.25, 0.3) is 0 Å². The summed E-state index contributed by atoms with van der Waals surface area (Å²) >= 11 is 0. The summed E-state index contributed by atoms with van der Waals surface area (Å²) in [6, 6.07) is 1.12. The number of hydrogen-bond acceptors (Lipinski definition) is 3. The van der Waals surface area contributed by atoms with E-state index in [2.05, 4.69) is 37.5 Å². The van der Waals surface area contributed by atoms with E-state index in [-0.39, 0.29) is 0 Å². The first-order valence-corrected chi connectivity index (χ1v) is 8.13. The molecule has 0 aromatic carbocycles. The van der Waals surface area contributed by atoms with E-state index >= 15 is 0 Å². The number of nitrogens with zero attached hydrogens (tertiary/aromatic N) is 2. The number of nitrogens with two attached hydrogens (primary N) is 1. The molecule has 1 heterocycles. The van der Waals surface area contributed by atoms with Gasteiger partial charge in [0.15, 0.2) is 0 Å². The Balaban J connectivity index is 1.87. The Hall–Kier alpha value is -0.120. The average molecular weight is 267 g/mol. The van der Waals surface area contributed by atoms with Crippen molar-refractivity contribution in [1.82, 2.24) is 9.80 Å². The minimum absolute atomic E-state index is 0.424. The van der Waals surface area contributed by atoms with Crippen LogP contribution in [0.5, 0.6) is 0 Å². The SMILES string of the molecule is CCN1CCN(CC2CC(C)(C)CCC2N)CC1C. The molecule has 1 saturated carbocycles. The molecule has 3 nitrogen and oxygen atoms in total. The maximum atomic E-state index is 6.37. The summed E-state index contributed by atoms with van der Waals surface area (Å²) in [7, 11) is 0. The molecule has 1 aliphatic carbocycles. The fourth-order valence-electron chi connectivity index (χ4n) is 3.99. The first-order valence-electron chi connectivity index (χ1n) is 8.13. The van der Waals surface area contributed by atoms with Gasteiger partial charge >= 0.3 is 0 Å². The Bertz CT molecular complexity index is 290. The highest BCUT2D eigenvalue weighted by molar-refractivity contribution is 4.90. The summed E-state index contributed by atoms with van der Waals surface area (Å²) in [5, 5.41) is 0. The van der Waals surface area contributed by atoms with Crippen LogP contribution >= 0.6 is 0 Å². The van der Waals surface area contributed by atoms with Gasteiger partial charge in [-0.25, -0.2) is 0 Å². The molecule has 3 unspecified atom stereocenters. The van der Waals surface area contributed by atoms with Crippen LogP contribution in [-0.4, -0.2) is 54.6 Å². The second-order valence-electron chi connectivity index (χ2n) is 7.57. The number of rotatable bonds is 3. The van der Waals surface area contributed by atoms with Gasteiger partial charge in [0.05, 0.1) is 0 Å². The van der Waals surface area contributed by atoms with Crippen LogP contribution in [-0.2, 0) is 0 Å². The van der Waals surface area contributed by atoms with Crippen LogP contribution in [0.1, 0.15) is 47.0 Å². The van der Waals surface area contributed by atoms with E-state index in [1.54, 1.807) is 0 Å². The van der Waals surface area contributed by atoms with Crippen LogP contribution in [0.4, 0.5) is 0 Å². The molecular weight excluding hydrogens is 234 g/mol. The first-order chi connectivity index (χ1) is 8.91. The van der Waals surface area contributed by atoms with Crippen molar-refractivity contribution in [1.29, 1.82) is 0 Å². The average Bonchev–Trinajstić information content (AvgIpc) is 2.34. The van der Waals surface area contributed by atoms with Crippen molar-refractivity contribution in [3.8, 4) is 0 Å². The predicted octanol–water partition coefficient (Wildman–Crippen LogP) is 2.17. The van der Waals surface area contributed by atoms with Gasteiger partial charge in [-0.15, -0.1) is 0 Å². The molecule has 2 fully saturated rings. The van der Waals surface area contributed by atoms with Crippen LogP contribution in [0.3, 0.4) is 0 Å². The fraction of sp³-hybridized carbons (Fsp3) is 1.00. The molecule has 2 N–H and O–H groups in total. The summed E-state index contributed by atoms with van der Waals surface area (Å²) in [4.78, 5) is 5.24. The maximum absolute atomic E-state index is 6.37. The molecule has 0 radical (unpaired) electrons. The Morgan fingerprint density at radius 1 is 1.26 bits per heavy atom. The summed E-state index contributed by atoms with van der Waals surface area (Å²) in [5.41, 5.74) is 6.87. The minimum Gasteiger partial charge on any atom is -0.327 e. The summed E-state index contributed by atoms with van der Waals surface area (Å²) in [5.74, 6) is 0.698. The molecule has 0 aromatic heterocycles. The van der Waals surface area contributed by atoms with E-state index in [1.165, 1.54) is 52.0 Å². The number of likely N-dealkylation sites (N-methyl/N-ethyl adjacent to an activating group) is 1. The molecule has 1 saturated heterocycles. The lowest BCUT2D eigenvalue weighted by molar-refractivity contribution is 0.0537. The van der Waals surface area contributed by atoms with Gasteiger partial charge < -0.3 is 10.6 Å². The van der Waals surface area contributed by atoms with E-state index in [1.807, 2.05) is 0 Å². The zero-order valence-corrected chi connectivity index (χ0v) is 13.4. The molecule has 1 aliphatic heterocycles. The van der Waals surface area contributed by atoms with Crippen LogP contribution in [0.15, 0.2) is 0 Å². The van der Waals surface area contributed by atoms with E-state index in [0.29, 0.717) is 23.4 Å². The van der Waals surface area contributed by atoms with Gasteiger partial charge in [0.1, 0.15) is 0 Å². The monoisotopic (exact) mass is 267 g/mol. The maximum Gasteiger partial charge on any atom is 0.0195 e. The lowest BCUT2D eigenvalue weighted by atomic mass is 9.70. The highest BCUT2D eigenvalue weighted by Crippen LogP contribution is 2.38. The lowest BCUT2D eigenvalue weighted by Crippen LogP contribution is -2.54. The van der Waals surface area contributed by atoms with E-state index in [9.17, 15) is 0 Å². The van der Waals surface area contributed by atoms with Crippen LogP contribution < -0.4 is 5.73 Å². The Morgan fingerprint density at radius 2 is 2.00 bits per heavy atom. The smallest absolute Gasteiger partial charge is 0.0195 e. The number of piperazine rings is 1. The third-order valence-corrected chi connectivity index (χ3v) is 5.32. The van der Waals surface area contributed by atoms with Crippen LogP contribution in [0.2, 0.25) is 0 Å². The molecule has 0 spiro atoms. The molecule has 19 heavy (non-hydrogen) atoms. The van der Waals surface area contributed by atoms with Crippen molar-refractivity contribution in [2.24, 2.45) is 17.1 Å². The van der Waals surface area contributed by atoms with E-state index in [4.69, 9.17) is 5.73 Å². The number of hydrogen-bond donors (Lipinski definition) is 1. The topological polar surface area (TPSA) is 32.5 Å². The van der Waals surface area contributed by atoms with Crippen molar-refractivity contribution in [2.45, 2.75) is 59.0 Å². The molecule has 2 rings (SSSR count). The van der Waals surface area contributed by atoms with Crippen molar-refractivity contribution in [3.63, 3.8) is 0 Å². The third kappa shape index (κ3) is 3.93. The Kier molecular flexibility index (Phi) is 4.91. The molecule has 2 aliphatic rings.